The Bertz CT molecular complexity index is 365. The Kier molecular flexibility index (Phi) is 5.81. The van der Waals surface area contributed by atoms with E-state index in [4.69, 9.17) is 5.26 Å². The second kappa shape index (κ2) is 7.13. The molecule has 0 heterocycles. The van der Waals surface area contributed by atoms with Crippen molar-refractivity contribution in [3.63, 3.8) is 0 Å². The van der Waals surface area contributed by atoms with Crippen LogP contribution in [-0.2, 0) is 9.59 Å². The molecule has 0 aliphatic heterocycles. The number of carboxylic acids is 1. The predicted molar refractivity (Wildman–Crippen MR) is 70.2 cm³/mol. The molecule has 1 amide bonds. The van der Waals surface area contributed by atoms with Crippen LogP contribution in [0.3, 0.4) is 0 Å². The molecule has 0 aromatic rings. The zero-order chi connectivity index (χ0) is 14.3. The van der Waals surface area contributed by atoms with E-state index in [1.54, 1.807) is 6.92 Å². The number of carbonyl (C=O) groups is 2. The number of rotatable bonds is 5. The van der Waals surface area contributed by atoms with Crippen LogP contribution in [0.2, 0.25) is 0 Å². The Morgan fingerprint density at radius 1 is 1.32 bits per heavy atom. The molecule has 1 fully saturated rings. The predicted octanol–water partition coefficient (Wildman–Crippen LogP) is 2.22. The molecule has 1 saturated carbocycles. The van der Waals surface area contributed by atoms with Gasteiger partial charge in [0.2, 0.25) is 5.91 Å². The molecule has 1 atom stereocenters. The first-order valence-electron chi connectivity index (χ1n) is 6.90. The molecule has 1 rings (SSSR count). The monoisotopic (exact) mass is 266 g/mol. The van der Waals surface area contributed by atoms with Gasteiger partial charge in [-0.3, -0.25) is 9.59 Å². The lowest BCUT2D eigenvalue weighted by Gasteiger charge is -2.27. The van der Waals surface area contributed by atoms with Crippen molar-refractivity contribution in [1.82, 2.24) is 5.32 Å². The number of nitrogens with zero attached hydrogens (tertiary/aromatic N) is 1. The van der Waals surface area contributed by atoms with Gasteiger partial charge in [-0.15, -0.1) is 0 Å². The van der Waals surface area contributed by atoms with Gasteiger partial charge >= 0.3 is 5.97 Å². The van der Waals surface area contributed by atoms with E-state index in [1.807, 2.05) is 6.07 Å². The quantitative estimate of drug-likeness (QED) is 0.746. The van der Waals surface area contributed by atoms with Crippen LogP contribution >= 0.6 is 0 Å². The number of carboxylic acid groups (broad SMARTS) is 1. The summed E-state index contributed by atoms with van der Waals surface area (Å²) in [5.41, 5.74) is -0.910. The topological polar surface area (TPSA) is 90.2 Å². The zero-order valence-corrected chi connectivity index (χ0v) is 11.4. The second-order valence-electron chi connectivity index (χ2n) is 5.51. The maximum atomic E-state index is 11.9. The van der Waals surface area contributed by atoms with Crippen LogP contribution in [-0.4, -0.2) is 23.0 Å². The highest BCUT2D eigenvalue weighted by Crippen LogP contribution is 2.38. The van der Waals surface area contributed by atoms with E-state index < -0.39 is 11.4 Å². The second-order valence-corrected chi connectivity index (χ2v) is 5.51. The lowest BCUT2D eigenvalue weighted by atomic mass is 9.77. The average molecular weight is 266 g/mol. The molecular weight excluding hydrogens is 244 g/mol. The summed E-state index contributed by atoms with van der Waals surface area (Å²) >= 11 is 0. The largest absolute Gasteiger partial charge is 0.481 e. The van der Waals surface area contributed by atoms with E-state index in [-0.39, 0.29) is 24.8 Å². The molecule has 19 heavy (non-hydrogen) atoms. The van der Waals surface area contributed by atoms with Crippen LogP contribution in [0.4, 0.5) is 0 Å². The number of aliphatic carboxylic acids is 1. The molecule has 1 unspecified atom stereocenters. The van der Waals surface area contributed by atoms with Crippen molar-refractivity contribution in [2.24, 2.45) is 5.41 Å². The number of nitriles is 1. The lowest BCUT2D eigenvalue weighted by Crippen LogP contribution is -2.40. The third-order valence-corrected chi connectivity index (χ3v) is 3.82. The Morgan fingerprint density at radius 3 is 2.37 bits per heavy atom. The molecule has 0 aromatic heterocycles. The van der Waals surface area contributed by atoms with Crippen molar-refractivity contribution in [1.29, 1.82) is 5.26 Å². The van der Waals surface area contributed by atoms with Gasteiger partial charge in [-0.05, 0) is 19.8 Å². The summed E-state index contributed by atoms with van der Waals surface area (Å²) in [6.07, 6.45) is 5.23. The van der Waals surface area contributed by atoms with E-state index in [2.05, 4.69) is 5.32 Å². The number of carbonyl (C=O) groups excluding carboxylic acids is 1. The highest BCUT2D eigenvalue weighted by atomic mass is 16.4. The lowest BCUT2D eigenvalue weighted by molar-refractivity contribution is -0.153. The molecule has 0 radical (unpaired) electrons. The van der Waals surface area contributed by atoms with Crippen molar-refractivity contribution in [3.05, 3.63) is 0 Å². The molecule has 5 heteroatoms. The Hall–Kier alpha value is -1.57. The van der Waals surface area contributed by atoms with Gasteiger partial charge < -0.3 is 10.4 Å². The summed E-state index contributed by atoms with van der Waals surface area (Å²) in [5.74, 6) is -1.12. The number of hydrogen-bond donors (Lipinski definition) is 2. The molecule has 0 saturated heterocycles. The van der Waals surface area contributed by atoms with Crippen molar-refractivity contribution in [2.75, 3.05) is 0 Å². The Morgan fingerprint density at radius 2 is 1.89 bits per heavy atom. The Labute approximate surface area is 114 Å². The molecule has 0 bridgehead atoms. The van der Waals surface area contributed by atoms with Crippen LogP contribution in [0, 0.1) is 16.7 Å². The van der Waals surface area contributed by atoms with Crippen LogP contribution in [0.1, 0.15) is 58.3 Å². The van der Waals surface area contributed by atoms with Gasteiger partial charge in [0.15, 0.2) is 0 Å². The van der Waals surface area contributed by atoms with Gasteiger partial charge in [0, 0.05) is 12.5 Å². The van der Waals surface area contributed by atoms with E-state index in [0.717, 1.165) is 25.7 Å². The van der Waals surface area contributed by atoms with E-state index in [1.165, 1.54) is 0 Å². The van der Waals surface area contributed by atoms with Gasteiger partial charge in [-0.25, -0.2) is 0 Å². The number of nitrogens with one attached hydrogen (secondary N) is 1. The smallest absolute Gasteiger partial charge is 0.310 e. The molecule has 1 aliphatic rings. The van der Waals surface area contributed by atoms with Gasteiger partial charge in [-0.1, -0.05) is 25.7 Å². The average Bonchev–Trinajstić information content (AvgIpc) is 2.55. The summed E-state index contributed by atoms with van der Waals surface area (Å²) in [4.78, 5) is 23.5. The summed E-state index contributed by atoms with van der Waals surface area (Å²) in [6.45, 7) is 1.75. The first-order chi connectivity index (χ1) is 9.00. The minimum atomic E-state index is -0.910. The number of hydrogen-bond acceptors (Lipinski definition) is 3. The van der Waals surface area contributed by atoms with Crippen molar-refractivity contribution < 1.29 is 14.7 Å². The third kappa shape index (κ3) is 4.55. The van der Waals surface area contributed by atoms with Crippen molar-refractivity contribution in [3.8, 4) is 6.07 Å². The minimum absolute atomic E-state index is 0.0259. The van der Waals surface area contributed by atoms with Crippen molar-refractivity contribution >= 4 is 11.9 Å². The van der Waals surface area contributed by atoms with Gasteiger partial charge in [0.25, 0.3) is 0 Å². The standard InChI is InChI=1S/C14H22N2O3/c1-11(6-9-15)16-12(17)10-14(13(18)19)7-4-2-3-5-8-14/h11H,2-8,10H2,1H3,(H,16,17)(H,18,19). The maximum Gasteiger partial charge on any atom is 0.310 e. The summed E-state index contributed by atoms with van der Waals surface area (Å²) in [7, 11) is 0. The molecule has 2 N–H and O–H groups in total. The number of amides is 1. The first kappa shape index (κ1) is 15.5. The SMILES string of the molecule is CC(CC#N)NC(=O)CC1(C(=O)O)CCCCCC1. The normalized spacial score (nSPS) is 19.8. The summed E-state index contributed by atoms with van der Waals surface area (Å²) < 4.78 is 0. The summed E-state index contributed by atoms with van der Waals surface area (Å²) in [6, 6.07) is 1.76. The van der Waals surface area contributed by atoms with Crippen LogP contribution in [0.25, 0.3) is 0 Å². The Balaban J connectivity index is 2.65. The minimum Gasteiger partial charge on any atom is -0.481 e. The van der Waals surface area contributed by atoms with Gasteiger partial charge in [-0.2, -0.15) is 5.26 Å². The fraction of sp³-hybridized carbons (Fsp3) is 0.786. The molecule has 106 valence electrons. The van der Waals surface area contributed by atoms with Gasteiger partial charge in [0.1, 0.15) is 0 Å². The summed E-state index contributed by atoms with van der Waals surface area (Å²) in [5, 5.41) is 20.7. The zero-order valence-electron chi connectivity index (χ0n) is 11.4. The van der Waals surface area contributed by atoms with E-state index in [0.29, 0.717) is 12.8 Å². The first-order valence-corrected chi connectivity index (χ1v) is 6.90. The fourth-order valence-electron chi connectivity index (χ4n) is 2.69. The molecule has 0 spiro atoms. The van der Waals surface area contributed by atoms with Crippen LogP contribution in [0.15, 0.2) is 0 Å². The maximum absolute atomic E-state index is 11.9. The van der Waals surface area contributed by atoms with Crippen molar-refractivity contribution in [2.45, 2.75) is 64.3 Å². The highest BCUT2D eigenvalue weighted by molar-refractivity contribution is 5.85. The molecule has 0 aromatic carbocycles. The van der Waals surface area contributed by atoms with Gasteiger partial charge in [0.05, 0.1) is 17.9 Å². The van der Waals surface area contributed by atoms with E-state index in [9.17, 15) is 14.7 Å². The van der Waals surface area contributed by atoms with Crippen LogP contribution < -0.4 is 5.32 Å². The van der Waals surface area contributed by atoms with E-state index >= 15 is 0 Å². The fourth-order valence-corrected chi connectivity index (χ4v) is 2.69. The highest BCUT2D eigenvalue weighted by Gasteiger charge is 2.40. The van der Waals surface area contributed by atoms with Crippen LogP contribution in [0.5, 0.6) is 0 Å². The third-order valence-electron chi connectivity index (χ3n) is 3.82. The molecule has 5 nitrogen and oxygen atoms in total. The molecular formula is C14H22N2O3. The molecule has 1 aliphatic carbocycles.